The summed E-state index contributed by atoms with van der Waals surface area (Å²) in [6.45, 7) is 4.72. The van der Waals surface area contributed by atoms with Crippen LogP contribution in [0.1, 0.15) is 30.0 Å². The maximum Gasteiger partial charge on any atom is 0.124 e. The van der Waals surface area contributed by atoms with Crippen LogP contribution in [0.25, 0.3) is 0 Å². The summed E-state index contributed by atoms with van der Waals surface area (Å²) in [6, 6.07) is 4.41. The fourth-order valence-electron chi connectivity index (χ4n) is 2.68. The number of rotatable bonds is 5. The Morgan fingerprint density at radius 1 is 1.48 bits per heavy atom. The number of benzene rings is 1. The van der Waals surface area contributed by atoms with Gasteiger partial charge in [0.25, 0.3) is 0 Å². The minimum Gasteiger partial charge on any atom is -0.493 e. The quantitative estimate of drug-likeness (QED) is 0.861. The van der Waals surface area contributed by atoms with Gasteiger partial charge in [0.2, 0.25) is 0 Å². The summed E-state index contributed by atoms with van der Waals surface area (Å²) in [7, 11) is 0. The lowest BCUT2D eigenvalue weighted by atomic mass is 9.99. The van der Waals surface area contributed by atoms with E-state index in [0.29, 0.717) is 6.04 Å². The lowest BCUT2D eigenvalue weighted by molar-refractivity contribution is 0.252. The predicted octanol–water partition coefficient (Wildman–Crippen LogP) is 3.35. The van der Waals surface area contributed by atoms with E-state index in [4.69, 9.17) is 16.3 Å². The molecule has 1 atom stereocenters. The summed E-state index contributed by atoms with van der Waals surface area (Å²) in [6.07, 6.45) is 7.71. The Morgan fingerprint density at radius 3 is 3.19 bits per heavy atom. The van der Waals surface area contributed by atoms with Gasteiger partial charge in [-0.15, -0.1) is 0 Å². The third-order valence-electron chi connectivity index (χ3n) is 3.87. The molecule has 0 saturated heterocycles. The van der Waals surface area contributed by atoms with E-state index in [1.54, 1.807) is 0 Å². The Kier molecular flexibility index (Phi) is 4.46. The van der Waals surface area contributed by atoms with Crippen LogP contribution in [0.2, 0.25) is 5.02 Å². The molecule has 112 valence electrons. The van der Waals surface area contributed by atoms with Crippen molar-refractivity contribution in [1.82, 2.24) is 14.9 Å². The second-order valence-electron chi connectivity index (χ2n) is 5.44. The van der Waals surface area contributed by atoms with Crippen LogP contribution in [-0.2, 0) is 6.54 Å². The topological polar surface area (TPSA) is 39.1 Å². The molecule has 1 aromatic heterocycles. The zero-order valence-electron chi connectivity index (χ0n) is 12.2. The summed E-state index contributed by atoms with van der Waals surface area (Å²) < 4.78 is 7.84. The van der Waals surface area contributed by atoms with E-state index in [2.05, 4.69) is 14.9 Å². The zero-order chi connectivity index (χ0) is 14.7. The van der Waals surface area contributed by atoms with Gasteiger partial charge in [-0.25, -0.2) is 4.98 Å². The molecule has 0 fully saturated rings. The summed E-state index contributed by atoms with van der Waals surface area (Å²) in [5.41, 5.74) is 2.25. The number of fused-ring (bicyclic) bond motifs is 1. The van der Waals surface area contributed by atoms with Gasteiger partial charge in [0, 0.05) is 42.0 Å². The summed E-state index contributed by atoms with van der Waals surface area (Å²) in [4.78, 5) is 4.05. The third-order valence-corrected chi connectivity index (χ3v) is 4.28. The van der Waals surface area contributed by atoms with E-state index in [-0.39, 0.29) is 0 Å². The van der Waals surface area contributed by atoms with Gasteiger partial charge < -0.3 is 14.6 Å². The van der Waals surface area contributed by atoms with Crippen LogP contribution in [0.4, 0.5) is 0 Å². The van der Waals surface area contributed by atoms with Crippen LogP contribution in [0, 0.1) is 6.92 Å². The molecule has 2 heterocycles. The van der Waals surface area contributed by atoms with Crippen molar-refractivity contribution < 1.29 is 4.74 Å². The molecule has 0 amide bonds. The van der Waals surface area contributed by atoms with Gasteiger partial charge in [0.05, 0.1) is 12.9 Å². The van der Waals surface area contributed by atoms with Crippen molar-refractivity contribution >= 4 is 11.6 Å². The molecule has 4 nitrogen and oxygen atoms in total. The van der Waals surface area contributed by atoms with Gasteiger partial charge in [-0.2, -0.15) is 0 Å². The number of hydrogen-bond donors (Lipinski definition) is 1. The van der Waals surface area contributed by atoms with Gasteiger partial charge in [-0.3, -0.25) is 0 Å². The first-order valence-corrected chi connectivity index (χ1v) is 7.74. The average Bonchev–Trinajstić information content (AvgIpc) is 2.98. The van der Waals surface area contributed by atoms with Crippen molar-refractivity contribution in [3.8, 4) is 5.75 Å². The van der Waals surface area contributed by atoms with Crippen LogP contribution >= 0.6 is 11.6 Å². The van der Waals surface area contributed by atoms with Crippen molar-refractivity contribution in [2.24, 2.45) is 0 Å². The standard InChI is InChI=1S/C16H20ClN3O/c1-12-9-16-13(10-14(12)17)15(3-8-21-16)19-4-2-6-20-7-5-18-11-20/h5,7,9-11,15,19H,2-4,6,8H2,1H3. The third kappa shape index (κ3) is 3.39. The van der Waals surface area contributed by atoms with E-state index in [1.165, 1.54) is 5.56 Å². The minimum absolute atomic E-state index is 0.328. The van der Waals surface area contributed by atoms with Crippen molar-refractivity contribution in [3.63, 3.8) is 0 Å². The number of nitrogens with one attached hydrogen (secondary N) is 1. The fraction of sp³-hybridized carbons (Fsp3) is 0.438. The molecule has 1 aliphatic heterocycles. The van der Waals surface area contributed by atoms with E-state index in [0.717, 1.165) is 48.9 Å². The average molecular weight is 306 g/mol. The molecular formula is C16H20ClN3O. The monoisotopic (exact) mass is 305 g/mol. The Labute approximate surface area is 130 Å². The maximum absolute atomic E-state index is 6.25. The smallest absolute Gasteiger partial charge is 0.124 e. The molecule has 1 aliphatic rings. The highest BCUT2D eigenvalue weighted by Crippen LogP contribution is 2.35. The molecule has 3 rings (SSSR count). The second kappa shape index (κ2) is 6.50. The SMILES string of the molecule is Cc1cc2c(cc1Cl)C(NCCCn1ccnc1)CCO2. The first-order chi connectivity index (χ1) is 10.2. The zero-order valence-corrected chi connectivity index (χ0v) is 12.9. The largest absolute Gasteiger partial charge is 0.493 e. The van der Waals surface area contributed by atoms with Gasteiger partial charge in [0.15, 0.2) is 0 Å². The predicted molar refractivity (Wildman–Crippen MR) is 83.9 cm³/mol. The molecular weight excluding hydrogens is 286 g/mol. The molecule has 0 spiro atoms. The lowest BCUT2D eigenvalue weighted by Gasteiger charge is -2.27. The lowest BCUT2D eigenvalue weighted by Crippen LogP contribution is -2.28. The second-order valence-corrected chi connectivity index (χ2v) is 5.84. The Hall–Kier alpha value is -1.52. The molecule has 0 bridgehead atoms. The molecule has 0 aliphatic carbocycles. The van der Waals surface area contributed by atoms with E-state index in [9.17, 15) is 0 Å². The normalized spacial score (nSPS) is 17.3. The molecule has 1 aromatic carbocycles. The van der Waals surface area contributed by atoms with Crippen molar-refractivity contribution in [1.29, 1.82) is 0 Å². The van der Waals surface area contributed by atoms with Crippen molar-refractivity contribution in [3.05, 3.63) is 47.0 Å². The van der Waals surface area contributed by atoms with E-state index in [1.807, 2.05) is 37.8 Å². The summed E-state index contributed by atoms with van der Waals surface area (Å²) in [5.74, 6) is 0.968. The molecule has 21 heavy (non-hydrogen) atoms. The summed E-state index contributed by atoms with van der Waals surface area (Å²) in [5, 5.41) is 4.42. The minimum atomic E-state index is 0.328. The number of ether oxygens (including phenoxy) is 1. The van der Waals surface area contributed by atoms with Crippen LogP contribution in [0.15, 0.2) is 30.9 Å². The molecule has 0 radical (unpaired) electrons. The number of aromatic nitrogens is 2. The van der Waals surface area contributed by atoms with Gasteiger partial charge >= 0.3 is 0 Å². The Morgan fingerprint density at radius 2 is 2.38 bits per heavy atom. The van der Waals surface area contributed by atoms with Crippen LogP contribution in [0.3, 0.4) is 0 Å². The molecule has 2 aromatic rings. The number of halogens is 1. The highest BCUT2D eigenvalue weighted by Gasteiger charge is 2.21. The summed E-state index contributed by atoms with van der Waals surface area (Å²) >= 11 is 6.25. The maximum atomic E-state index is 6.25. The van der Waals surface area contributed by atoms with Gasteiger partial charge in [-0.1, -0.05) is 11.6 Å². The molecule has 0 saturated carbocycles. The first kappa shape index (κ1) is 14.4. The Balaban J connectivity index is 1.58. The number of hydrogen-bond acceptors (Lipinski definition) is 3. The van der Waals surface area contributed by atoms with Crippen LogP contribution < -0.4 is 10.1 Å². The van der Waals surface area contributed by atoms with Crippen molar-refractivity contribution in [2.75, 3.05) is 13.2 Å². The van der Waals surface area contributed by atoms with Crippen LogP contribution in [0.5, 0.6) is 5.75 Å². The first-order valence-electron chi connectivity index (χ1n) is 7.36. The van der Waals surface area contributed by atoms with E-state index >= 15 is 0 Å². The number of nitrogens with zero attached hydrogens (tertiary/aromatic N) is 2. The van der Waals surface area contributed by atoms with Crippen LogP contribution in [-0.4, -0.2) is 22.7 Å². The van der Waals surface area contributed by atoms with Gasteiger partial charge in [0.1, 0.15) is 5.75 Å². The Bertz CT molecular complexity index is 598. The highest BCUT2D eigenvalue weighted by atomic mass is 35.5. The fourth-order valence-corrected chi connectivity index (χ4v) is 2.85. The van der Waals surface area contributed by atoms with E-state index < -0.39 is 0 Å². The molecule has 5 heteroatoms. The molecule has 1 N–H and O–H groups in total. The number of imidazole rings is 1. The molecule has 1 unspecified atom stereocenters. The highest BCUT2D eigenvalue weighted by molar-refractivity contribution is 6.31. The number of aryl methyl sites for hydroxylation is 2. The van der Waals surface area contributed by atoms with Crippen molar-refractivity contribution in [2.45, 2.75) is 32.4 Å². The van der Waals surface area contributed by atoms with Gasteiger partial charge in [-0.05, 0) is 37.6 Å².